The Balaban J connectivity index is 1.25. The molecule has 0 unspecified atom stereocenters. The molecule has 0 saturated carbocycles. The largest absolute Gasteiger partial charge is 0.493 e. The smallest absolute Gasteiger partial charge is 0.257 e. The van der Waals surface area contributed by atoms with E-state index < -0.39 is 0 Å². The number of carbonyl (C=O) groups excluding carboxylic acids is 1. The van der Waals surface area contributed by atoms with E-state index >= 15 is 0 Å². The van der Waals surface area contributed by atoms with Crippen LogP contribution >= 0.6 is 0 Å². The number of carbonyl (C=O) groups is 1. The van der Waals surface area contributed by atoms with Crippen molar-refractivity contribution < 1.29 is 23.7 Å². The first-order valence-electron chi connectivity index (χ1n) is 10.7. The Labute approximate surface area is 191 Å². The summed E-state index contributed by atoms with van der Waals surface area (Å²) < 4.78 is 21.5. The molecule has 5 rings (SSSR count). The number of hydrogen-bond donors (Lipinski definition) is 0. The molecule has 9 heteroatoms. The van der Waals surface area contributed by atoms with Gasteiger partial charge in [-0.05, 0) is 42.5 Å². The average molecular weight is 448 g/mol. The number of anilines is 1. The molecular weight excluding hydrogens is 424 g/mol. The lowest BCUT2D eigenvalue weighted by atomic mass is 10.1. The van der Waals surface area contributed by atoms with Gasteiger partial charge < -0.3 is 28.7 Å². The van der Waals surface area contributed by atoms with E-state index in [0.29, 0.717) is 49.0 Å². The summed E-state index contributed by atoms with van der Waals surface area (Å²) >= 11 is 0. The molecule has 9 nitrogen and oxygen atoms in total. The number of rotatable bonds is 5. The van der Waals surface area contributed by atoms with Crippen LogP contribution in [-0.2, 0) is 0 Å². The molecule has 2 aliphatic rings. The Bertz CT molecular complexity index is 1160. The predicted octanol–water partition coefficient (Wildman–Crippen LogP) is 2.85. The van der Waals surface area contributed by atoms with Crippen molar-refractivity contribution in [1.82, 2.24) is 15.1 Å². The molecule has 170 valence electrons. The van der Waals surface area contributed by atoms with Crippen LogP contribution in [-0.4, -0.2) is 68.2 Å². The van der Waals surface area contributed by atoms with Crippen molar-refractivity contribution in [3.63, 3.8) is 0 Å². The summed E-state index contributed by atoms with van der Waals surface area (Å²) in [6.45, 7) is 2.71. The summed E-state index contributed by atoms with van der Waals surface area (Å²) in [5.74, 6) is 3.16. The third-order valence-electron chi connectivity index (χ3n) is 5.84. The monoisotopic (exact) mass is 448 g/mol. The molecule has 3 heterocycles. The number of para-hydroxylation sites is 1. The summed E-state index contributed by atoms with van der Waals surface area (Å²) in [5.41, 5.74) is 2.18. The van der Waals surface area contributed by atoms with Gasteiger partial charge in [-0.15, -0.1) is 10.2 Å². The third-order valence-corrected chi connectivity index (χ3v) is 5.84. The van der Waals surface area contributed by atoms with Crippen molar-refractivity contribution in [2.45, 2.75) is 0 Å². The van der Waals surface area contributed by atoms with Crippen LogP contribution in [0.4, 0.5) is 5.82 Å². The van der Waals surface area contributed by atoms with Gasteiger partial charge in [0, 0.05) is 31.7 Å². The van der Waals surface area contributed by atoms with Crippen LogP contribution in [0.2, 0.25) is 0 Å². The molecule has 2 aromatic carbocycles. The number of hydrogen-bond acceptors (Lipinski definition) is 8. The van der Waals surface area contributed by atoms with E-state index in [0.717, 1.165) is 22.8 Å². The summed E-state index contributed by atoms with van der Waals surface area (Å²) in [5, 5.41) is 8.81. The molecule has 0 radical (unpaired) electrons. The first-order chi connectivity index (χ1) is 16.2. The topological polar surface area (TPSA) is 86.3 Å². The van der Waals surface area contributed by atoms with Gasteiger partial charge in [-0.2, -0.15) is 0 Å². The molecule has 1 aromatic heterocycles. The van der Waals surface area contributed by atoms with Gasteiger partial charge in [0.1, 0.15) is 0 Å². The third kappa shape index (κ3) is 3.97. The van der Waals surface area contributed by atoms with Crippen LogP contribution in [0.25, 0.3) is 11.3 Å². The predicted molar refractivity (Wildman–Crippen MR) is 121 cm³/mol. The second-order valence-corrected chi connectivity index (χ2v) is 7.67. The first-order valence-corrected chi connectivity index (χ1v) is 10.7. The van der Waals surface area contributed by atoms with E-state index in [1.54, 1.807) is 32.4 Å². The number of aromatic nitrogens is 2. The minimum absolute atomic E-state index is 0.0744. The van der Waals surface area contributed by atoms with Gasteiger partial charge in [-0.25, -0.2) is 0 Å². The molecule has 0 atom stereocenters. The molecule has 1 fully saturated rings. The lowest BCUT2D eigenvalue weighted by molar-refractivity contribution is 0.0742. The number of amides is 1. The second kappa shape index (κ2) is 8.85. The van der Waals surface area contributed by atoms with E-state index in [1.807, 2.05) is 35.2 Å². The minimum Gasteiger partial charge on any atom is -0.493 e. The Hall–Kier alpha value is -4.01. The Kier molecular flexibility index (Phi) is 5.60. The number of piperazine rings is 1. The molecule has 0 N–H and O–H groups in total. The SMILES string of the molecule is COc1cccc(C(=O)N2CCN(c3ccc(-c4ccc5c(c4)OCO5)nn3)CC2)c1OC. The maximum Gasteiger partial charge on any atom is 0.257 e. The van der Waals surface area contributed by atoms with Gasteiger partial charge in [0.25, 0.3) is 5.91 Å². The first kappa shape index (κ1) is 20.9. The molecule has 3 aromatic rings. The lowest BCUT2D eigenvalue weighted by Gasteiger charge is -2.35. The number of fused-ring (bicyclic) bond motifs is 1. The van der Waals surface area contributed by atoms with Crippen LogP contribution in [0, 0.1) is 0 Å². The van der Waals surface area contributed by atoms with Crippen molar-refractivity contribution >= 4 is 11.7 Å². The number of methoxy groups -OCH3 is 2. The highest BCUT2D eigenvalue weighted by Crippen LogP contribution is 2.35. The van der Waals surface area contributed by atoms with Gasteiger partial charge >= 0.3 is 0 Å². The molecule has 2 aliphatic heterocycles. The Morgan fingerprint density at radius 3 is 2.45 bits per heavy atom. The van der Waals surface area contributed by atoms with E-state index in [-0.39, 0.29) is 12.7 Å². The Morgan fingerprint density at radius 1 is 0.909 bits per heavy atom. The van der Waals surface area contributed by atoms with Crippen LogP contribution in [0.15, 0.2) is 48.5 Å². The summed E-state index contributed by atoms with van der Waals surface area (Å²) in [7, 11) is 3.10. The van der Waals surface area contributed by atoms with E-state index in [2.05, 4.69) is 15.1 Å². The number of benzene rings is 2. The lowest BCUT2D eigenvalue weighted by Crippen LogP contribution is -2.49. The van der Waals surface area contributed by atoms with Crippen molar-refractivity contribution in [1.29, 1.82) is 0 Å². The zero-order valence-corrected chi connectivity index (χ0v) is 18.5. The normalized spacial score (nSPS) is 14.8. The zero-order valence-electron chi connectivity index (χ0n) is 18.5. The van der Waals surface area contributed by atoms with Crippen molar-refractivity contribution in [3.05, 3.63) is 54.1 Å². The van der Waals surface area contributed by atoms with Gasteiger partial charge in [-0.1, -0.05) is 6.07 Å². The fourth-order valence-electron chi connectivity index (χ4n) is 4.07. The molecule has 0 bridgehead atoms. The second-order valence-electron chi connectivity index (χ2n) is 7.67. The van der Waals surface area contributed by atoms with Crippen molar-refractivity contribution in [2.24, 2.45) is 0 Å². The van der Waals surface area contributed by atoms with Crippen LogP contribution < -0.4 is 23.8 Å². The highest BCUT2D eigenvalue weighted by atomic mass is 16.7. The summed E-state index contributed by atoms with van der Waals surface area (Å²) in [6.07, 6.45) is 0. The summed E-state index contributed by atoms with van der Waals surface area (Å²) in [6, 6.07) is 14.9. The van der Waals surface area contributed by atoms with E-state index in [9.17, 15) is 4.79 Å². The summed E-state index contributed by atoms with van der Waals surface area (Å²) in [4.78, 5) is 17.0. The molecule has 0 spiro atoms. The van der Waals surface area contributed by atoms with Crippen molar-refractivity contribution in [2.75, 3.05) is 52.1 Å². The van der Waals surface area contributed by atoms with Crippen LogP contribution in [0.3, 0.4) is 0 Å². The maximum atomic E-state index is 13.1. The number of nitrogens with zero attached hydrogens (tertiary/aromatic N) is 4. The maximum absolute atomic E-state index is 13.1. The molecular formula is C24H24N4O5. The average Bonchev–Trinajstić information content (AvgIpc) is 3.36. The van der Waals surface area contributed by atoms with Crippen LogP contribution in [0.1, 0.15) is 10.4 Å². The fraction of sp³-hybridized carbons (Fsp3) is 0.292. The quantitative estimate of drug-likeness (QED) is 0.589. The zero-order chi connectivity index (χ0) is 22.8. The molecule has 0 aliphatic carbocycles. The highest BCUT2D eigenvalue weighted by molar-refractivity contribution is 5.98. The Morgan fingerprint density at radius 2 is 1.73 bits per heavy atom. The van der Waals surface area contributed by atoms with Gasteiger partial charge in [-0.3, -0.25) is 4.79 Å². The minimum atomic E-state index is -0.0744. The van der Waals surface area contributed by atoms with E-state index in [4.69, 9.17) is 18.9 Å². The van der Waals surface area contributed by atoms with Gasteiger partial charge in [0.2, 0.25) is 6.79 Å². The van der Waals surface area contributed by atoms with Gasteiger partial charge in [0.05, 0.1) is 25.5 Å². The number of ether oxygens (including phenoxy) is 4. The molecule has 33 heavy (non-hydrogen) atoms. The molecule has 1 saturated heterocycles. The van der Waals surface area contributed by atoms with Crippen molar-refractivity contribution in [3.8, 4) is 34.3 Å². The van der Waals surface area contributed by atoms with Gasteiger partial charge in [0.15, 0.2) is 28.8 Å². The standard InChI is InChI=1S/C24H24N4O5/c1-30-20-5-3-4-17(23(20)31-2)24(29)28-12-10-27(11-13-28)22-9-7-18(25-26-22)16-6-8-19-21(14-16)33-15-32-19/h3-9,14H,10-13,15H2,1-2H3. The fourth-order valence-corrected chi connectivity index (χ4v) is 4.07. The molecule has 1 amide bonds. The highest BCUT2D eigenvalue weighted by Gasteiger charge is 2.26. The van der Waals surface area contributed by atoms with Crippen LogP contribution in [0.5, 0.6) is 23.0 Å². The van der Waals surface area contributed by atoms with E-state index in [1.165, 1.54) is 0 Å².